The van der Waals surface area contributed by atoms with Crippen molar-refractivity contribution in [1.82, 2.24) is 0 Å². The maximum Gasteiger partial charge on any atom is 0.189 e. The normalized spacial score (nSPS) is 19.0. The van der Waals surface area contributed by atoms with Gasteiger partial charge in [-0.25, -0.2) is 0 Å². The Morgan fingerprint density at radius 2 is 0.719 bits per heavy atom. The van der Waals surface area contributed by atoms with E-state index >= 15 is 9.13 Å². The predicted octanol–water partition coefficient (Wildman–Crippen LogP) is 12.4. The van der Waals surface area contributed by atoms with Crippen molar-refractivity contribution in [2.45, 2.75) is 0 Å². The van der Waals surface area contributed by atoms with E-state index in [1.807, 2.05) is 121 Å². The Bertz CT molecular complexity index is 3740. The summed E-state index contributed by atoms with van der Waals surface area (Å²) in [6.45, 7) is 0. The summed E-state index contributed by atoms with van der Waals surface area (Å²) in [5.41, 5.74) is 4.68. The third-order valence-corrected chi connectivity index (χ3v) is 20.2. The lowest BCUT2D eigenvalue weighted by molar-refractivity contribution is 0.462. The van der Waals surface area contributed by atoms with Gasteiger partial charge in [-0.1, -0.05) is 97.1 Å². The Balaban J connectivity index is 1.13. The lowest BCUT2D eigenvalue weighted by atomic mass is 9.99. The Morgan fingerprint density at radius 1 is 0.328 bits per heavy atom. The Labute approximate surface area is 364 Å². The van der Waals surface area contributed by atoms with Gasteiger partial charge in [0, 0.05) is 32.9 Å². The molecule has 2 unspecified atom stereocenters. The van der Waals surface area contributed by atoms with Gasteiger partial charge < -0.3 is 37.9 Å². The van der Waals surface area contributed by atoms with Crippen molar-refractivity contribution in [2.24, 2.45) is 0 Å². The second kappa shape index (κ2) is 11.2. The van der Waals surface area contributed by atoms with Gasteiger partial charge in [0.05, 0.1) is 44.0 Å². The molecule has 10 heteroatoms. The van der Waals surface area contributed by atoms with E-state index in [1.54, 1.807) is 0 Å². The molecule has 2 atom stereocenters. The summed E-state index contributed by atoms with van der Waals surface area (Å²) in [7, 11) is -7.48. The standard InChI is InChI=1S/C54H28N2O6P2/c57-63-49-37-25-29-13-7-9-19-33(29)47(49)61-41-23-11-21-39(51(41)63)59-43-28-36-35(45(53(43)63)55(37)31-15-3-1-4-16-31)27-44-54-46(36)56(32-17-5-2-6-18-32)38-26-30-14-8-10-20-34(30)48-50(38)64(54,58)52-40(60-44)22-12-24-42(52)62-48/h1-28H. The van der Waals surface area contributed by atoms with Gasteiger partial charge in [-0.05, 0) is 83.6 Å². The minimum atomic E-state index is -3.74. The Morgan fingerprint density at radius 3 is 1.16 bits per heavy atom. The van der Waals surface area contributed by atoms with Crippen molar-refractivity contribution in [3.05, 3.63) is 170 Å². The first-order valence-corrected chi connectivity index (χ1v) is 24.6. The highest BCUT2D eigenvalue weighted by atomic mass is 31.2. The van der Waals surface area contributed by atoms with Crippen molar-refractivity contribution >= 4 is 113 Å². The first kappa shape index (κ1) is 33.8. The van der Waals surface area contributed by atoms with Crippen molar-refractivity contribution in [2.75, 3.05) is 9.80 Å². The fourth-order valence-corrected chi connectivity index (χ4v) is 18.2. The molecular formula is C54H28N2O6P2. The largest absolute Gasteiger partial charge is 0.455 e. The summed E-state index contributed by atoms with van der Waals surface area (Å²) in [5, 5.41) is 8.81. The summed E-state index contributed by atoms with van der Waals surface area (Å²) in [4.78, 5) is 4.43. The van der Waals surface area contributed by atoms with Crippen LogP contribution in [0.4, 0.5) is 34.1 Å². The molecule has 0 radical (unpaired) electrons. The summed E-state index contributed by atoms with van der Waals surface area (Å²) < 4.78 is 62.1. The summed E-state index contributed by atoms with van der Waals surface area (Å²) in [6, 6.07) is 56.3. The molecule has 0 saturated heterocycles. The highest BCUT2D eigenvalue weighted by molar-refractivity contribution is 7.87. The molecular weight excluding hydrogens is 835 g/mol. The topological polar surface area (TPSA) is 77.5 Å². The second-order valence-corrected chi connectivity index (χ2v) is 22.1. The van der Waals surface area contributed by atoms with Crippen molar-refractivity contribution in [3.8, 4) is 46.0 Å². The van der Waals surface area contributed by atoms with Crippen LogP contribution >= 0.6 is 14.3 Å². The van der Waals surface area contributed by atoms with Gasteiger partial charge in [-0.2, -0.15) is 0 Å². The molecule has 0 amide bonds. The number of rotatable bonds is 2. The van der Waals surface area contributed by atoms with Crippen LogP contribution in [0.2, 0.25) is 0 Å². The molecule has 8 nitrogen and oxygen atoms in total. The van der Waals surface area contributed by atoms with Crippen molar-refractivity contribution in [3.63, 3.8) is 0 Å². The molecule has 6 aliphatic heterocycles. The molecule has 16 rings (SSSR count). The van der Waals surface area contributed by atoms with Gasteiger partial charge >= 0.3 is 0 Å². The lowest BCUT2D eigenvalue weighted by Crippen LogP contribution is -2.44. The number of nitrogens with zero attached hydrogens (tertiary/aromatic N) is 2. The molecule has 0 spiro atoms. The van der Waals surface area contributed by atoms with Crippen LogP contribution in [0.3, 0.4) is 0 Å². The van der Waals surface area contributed by atoms with Crippen LogP contribution in [-0.2, 0) is 9.13 Å². The highest BCUT2D eigenvalue weighted by Crippen LogP contribution is 2.70. The average molecular weight is 863 g/mol. The smallest absolute Gasteiger partial charge is 0.189 e. The van der Waals surface area contributed by atoms with E-state index in [1.165, 1.54) is 0 Å². The molecule has 0 aliphatic carbocycles. The van der Waals surface area contributed by atoms with Gasteiger partial charge in [0.2, 0.25) is 0 Å². The van der Waals surface area contributed by atoms with Crippen LogP contribution in [0.15, 0.2) is 170 Å². The molecule has 0 fully saturated rings. The summed E-state index contributed by atoms with van der Waals surface area (Å²) in [6.07, 6.45) is 0. The van der Waals surface area contributed by atoms with Crippen LogP contribution in [0.1, 0.15) is 0 Å². The minimum absolute atomic E-state index is 0.473. The molecule has 0 N–H and O–H groups in total. The van der Waals surface area contributed by atoms with E-state index in [0.717, 1.165) is 55.1 Å². The van der Waals surface area contributed by atoms with Gasteiger partial charge in [0.15, 0.2) is 14.3 Å². The van der Waals surface area contributed by atoms with E-state index < -0.39 is 14.3 Å². The van der Waals surface area contributed by atoms with Gasteiger partial charge in [-0.15, -0.1) is 0 Å². The molecule has 0 aromatic heterocycles. The van der Waals surface area contributed by atoms with Crippen LogP contribution < -0.4 is 60.6 Å². The number of anilines is 6. The van der Waals surface area contributed by atoms with E-state index in [9.17, 15) is 0 Å². The lowest BCUT2D eigenvalue weighted by Gasteiger charge is -2.46. The van der Waals surface area contributed by atoms with E-state index in [0.29, 0.717) is 89.2 Å². The maximum atomic E-state index is 17.1. The van der Waals surface area contributed by atoms with Crippen LogP contribution in [0.25, 0.3) is 32.3 Å². The molecule has 6 heterocycles. The fraction of sp³-hybridized carbons (Fsp3) is 0. The molecule has 10 aromatic carbocycles. The second-order valence-electron chi connectivity index (χ2n) is 17.0. The van der Waals surface area contributed by atoms with E-state index in [-0.39, 0.29) is 0 Å². The van der Waals surface area contributed by atoms with Crippen molar-refractivity contribution in [1.29, 1.82) is 0 Å². The fourth-order valence-electron chi connectivity index (χ4n) is 11.4. The number of hydrogen-bond acceptors (Lipinski definition) is 8. The number of benzene rings is 10. The molecule has 10 aromatic rings. The quantitative estimate of drug-likeness (QED) is 0.159. The monoisotopic (exact) mass is 862 g/mol. The SMILES string of the molecule is O=P12c3c4cccc3Oc3c1c(cc1ccccc31)N(c1ccccc1)c1c2c(cc2c3c5c(cc12)Oc1cccc2c1P5(=O)c1c(cc5ccccc5c1O2)N3c1ccccc1)O4. The van der Waals surface area contributed by atoms with Crippen LogP contribution in [0, 0.1) is 0 Å². The number of fused-ring (bicyclic) bond motifs is 7. The number of para-hydroxylation sites is 2. The summed E-state index contributed by atoms with van der Waals surface area (Å²) >= 11 is 0. The molecule has 0 saturated carbocycles. The first-order chi connectivity index (χ1) is 31.5. The van der Waals surface area contributed by atoms with Crippen LogP contribution in [0.5, 0.6) is 46.0 Å². The molecule has 64 heavy (non-hydrogen) atoms. The van der Waals surface area contributed by atoms with Crippen LogP contribution in [-0.4, -0.2) is 0 Å². The van der Waals surface area contributed by atoms with Gasteiger partial charge in [-0.3, -0.25) is 0 Å². The van der Waals surface area contributed by atoms with Gasteiger partial charge in [0.25, 0.3) is 0 Å². The number of ether oxygens (including phenoxy) is 4. The Hall–Kier alpha value is -7.76. The molecule has 0 bridgehead atoms. The van der Waals surface area contributed by atoms with Crippen molar-refractivity contribution < 1.29 is 28.1 Å². The molecule has 300 valence electrons. The Kier molecular flexibility index (Phi) is 5.94. The summed E-state index contributed by atoms with van der Waals surface area (Å²) in [5.74, 6) is 4.13. The molecule has 6 aliphatic rings. The average Bonchev–Trinajstić information content (AvgIpc) is 3.32. The van der Waals surface area contributed by atoms with E-state index in [4.69, 9.17) is 18.9 Å². The highest BCUT2D eigenvalue weighted by Gasteiger charge is 2.57. The third-order valence-electron chi connectivity index (χ3n) is 13.8. The zero-order valence-electron chi connectivity index (χ0n) is 33.4. The van der Waals surface area contributed by atoms with E-state index in [2.05, 4.69) is 58.3 Å². The minimum Gasteiger partial charge on any atom is -0.455 e. The number of hydrogen-bond donors (Lipinski definition) is 0. The first-order valence-electron chi connectivity index (χ1n) is 21.2. The predicted molar refractivity (Wildman–Crippen MR) is 255 cm³/mol. The zero-order valence-corrected chi connectivity index (χ0v) is 35.2. The van der Waals surface area contributed by atoms with Gasteiger partial charge in [0.1, 0.15) is 56.6 Å². The zero-order chi connectivity index (χ0) is 41.8. The third kappa shape index (κ3) is 3.76. The maximum absolute atomic E-state index is 17.1.